The van der Waals surface area contributed by atoms with Crippen LogP contribution in [-0.2, 0) is 0 Å². The van der Waals surface area contributed by atoms with E-state index in [1.165, 1.54) is 6.42 Å². The van der Waals surface area contributed by atoms with E-state index in [0.717, 1.165) is 29.1 Å². The third-order valence-electron chi connectivity index (χ3n) is 5.37. The van der Waals surface area contributed by atoms with Crippen molar-refractivity contribution in [3.8, 4) is 0 Å². The molecule has 0 saturated heterocycles. The molecule has 12 heavy (non-hydrogen) atoms. The molecule has 0 aromatic rings. The van der Waals surface area contributed by atoms with Crippen molar-refractivity contribution in [1.82, 2.24) is 0 Å². The lowest BCUT2D eigenvalue weighted by Crippen LogP contribution is -2.54. The molecular formula is C12H20. The summed E-state index contributed by atoms with van der Waals surface area (Å²) in [5.74, 6) is 4.51. The third-order valence-corrected chi connectivity index (χ3v) is 5.37. The molecule has 4 unspecified atom stereocenters. The van der Waals surface area contributed by atoms with Gasteiger partial charge in [0.05, 0.1) is 0 Å². The molecule has 4 atom stereocenters. The van der Waals surface area contributed by atoms with Gasteiger partial charge < -0.3 is 0 Å². The molecule has 4 rings (SSSR count). The number of hydrogen-bond donors (Lipinski definition) is 0. The third kappa shape index (κ3) is 0.701. The lowest BCUT2D eigenvalue weighted by molar-refractivity contribution is -0.124. The molecule has 0 N–H and O–H groups in total. The van der Waals surface area contributed by atoms with Crippen LogP contribution in [0.3, 0.4) is 0 Å². The smallest absolute Gasteiger partial charge is 0.0295 e. The van der Waals surface area contributed by atoms with Gasteiger partial charge in [-0.2, -0.15) is 0 Å². The molecule has 0 aromatic carbocycles. The predicted molar refractivity (Wildman–Crippen MR) is 50.8 cm³/mol. The lowest BCUT2D eigenvalue weighted by atomic mass is 9.44. The van der Waals surface area contributed by atoms with Crippen molar-refractivity contribution in [1.29, 1.82) is 0 Å². The van der Waals surface area contributed by atoms with Crippen molar-refractivity contribution >= 4 is 0 Å². The van der Waals surface area contributed by atoms with Gasteiger partial charge in [0.25, 0.3) is 0 Å². The quantitative estimate of drug-likeness (QED) is 0.514. The van der Waals surface area contributed by atoms with Crippen molar-refractivity contribution in [2.24, 2.45) is 29.1 Å². The summed E-state index contributed by atoms with van der Waals surface area (Å²) in [5.41, 5.74) is 0.728. The van der Waals surface area contributed by atoms with Crippen molar-refractivity contribution in [2.75, 3.05) is 0 Å². The topological polar surface area (TPSA) is 0 Å². The van der Waals surface area contributed by atoms with E-state index in [1.807, 2.05) is 0 Å². The van der Waals surface area contributed by atoms with E-state index in [0.29, 0.717) is 0 Å². The Bertz CT molecular complexity index is 204. The Balaban J connectivity index is 1.88. The molecule has 4 fully saturated rings. The van der Waals surface area contributed by atoms with Crippen molar-refractivity contribution in [3.05, 3.63) is 0 Å². The standard InChI is InChI=1S/C12H20/c1-12(2)9-6-8-4-3-5-10(8)11(12)7-9/h8-11H,3-7H2,1-2H3. The van der Waals surface area contributed by atoms with Gasteiger partial charge >= 0.3 is 0 Å². The number of hydrogen-bond acceptors (Lipinski definition) is 0. The minimum Gasteiger partial charge on any atom is -0.0594 e. The summed E-state index contributed by atoms with van der Waals surface area (Å²) in [6.45, 7) is 5.03. The highest BCUT2D eigenvalue weighted by molar-refractivity contribution is 5.07. The SMILES string of the molecule is CC1(C)C2CC3CCCC3C1C2. The Morgan fingerprint density at radius 1 is 1.08 bits per heavy atom. The molecule has 0 aliphatic heterocycles. The second-order valence-electron chi connectivity index (χ2n) is 5.95. The van der Waals surface area contributed by atoms with E-state index < -0.39 is 0 Å². The number of rotatable bonds is 0. The van der Waals surface area contributed by atoms with Gasteiger partial charge in [0.15, 0.2) is 0 Å². The first-order valence-electron chi connectivity index (χ1n) is 5.69. The van der Waals surface area contributed by atoms with Crippen LogP contribution in [0, 0.1) is 29.1 Å². The van der Waals surface area contributed by atoms with E-state index >= 15 is 0 Å². The van der Waals surface area contributed by atoms with E-state index in [1.54, 1.807) is 25.7 Å². The summed E-state index contributed by atoms with van der Waals surface area (Å²) in [4.78, 5) is 0. The van der Waals surface area contributed by atoms with Gasteiger partial charge in [0, 0.05) is 0 Å². The van der Waals surface area contributed by atoms with Crippen molar-refractivity contribution < 1.29 is 0 Å². The van der Waals surface area contributed by atoms with Crippen LogP contribution < -0.4 is 0 Å². The van der Waals surface area contributed by atoms with Crippen molar-refractivity contribution in [2.45, 2.75) is 46.0 Å². The molecule has 0 aromatic heterocycles. The zero-order chi connectivity index (χ0) is 8.34. The maximum Gasteiger partial charge on any atom is -0.0295 e. The first kappa shape index (κ1) is 7.41. The van der Waals surface area contributed by atoms with E-state index in [9.17, 15) is 0 Å². The van der Waals surface area contributed by atoms with E-state index in [4.69, 9.17) is 0 Å². The monoisotopic (exact) mass is 164 g/mol. The second kappa shape index (κ2) is 2.08. The Morgan fingerprint density at radius 3 is 2.67 bits per heavy atom. The van der Waals surface area contributed by atoms with Gasteiger partial charge in [-0.15, -0.1) is 0 Å². The second-order valence-corrected chi connectivity index (χ2v) is 5.95. The molecular weight excluding hydrogens is 144 g/mol. The minimum atomic E-state index is 0.728. The van der Waals surface area contributed by atoms with Gasteiger partial charge in [-0.3, -0.25) is 0 Å². The summed E-state index contributed by atoms with van der Waals surface area (Å²) < 4.78 is 0. The van der Waals surface area contributed by atoms with Gasteiger partial charge in [0.1, 0.15) is 0 Å². The largest absolute Gasteiger partial charge is 0.0594 e. The molecule has 0 heterocycles. The zero-order valence-corrected chi connectivity index (χ0v) is 8.34. The van der Waals surface area contributed by atoms with Crippen LogP contribution in [0.5, 0.6) is 0 Å². The summed E-state index contributed by atoms with van der Waals surface area (Å²) in [5, 5.41) is 0. The minimum absolute atomic E-state index is 0.728. The summed E-state index contributed by atoms with van der Waals surface area (Å²) in [6.07, 6.45) is 7.82. The Hall–Kier alpha value is 0. The molecule has 0 radical (unpaired) electrons. The highest BCUT2D eigenvalue weighted by Crippen LogP contribution is 2.66. The lowest BCUT2D eigenvalue weighted by Gasteiger charge is -2.61. The molecule has 0 nitrogen and oxygen atoms in total. The molecule has 68 valence electrons. The van der Waals surface area contributed by atoms with Crippen LogP contribution in [0.25, 0.3) is 0 Å². The van der Waals surface area contributed by atoms with Crippen LogP contribution in [0.1, 0.15) is 46.0 Å². The van der Waals surface area contributed by atoms with Crippen LogP contribution in [0.15, 0.2) is 0 Å². The normalized spacial score (nSPS) is 54.5. The molecule has 0 spiro atoms. The van der Waals surface area contributed by atoms with E-state index in [-0.39, 0.29) is 0 Å². The average Bonchev–Trinajstić information content (AvgIpc) is 2.49. The van der Waals surface area contributed by atoms with Crippen LogP contribution >= 0.6 is 0 Å². The summed E-state index contributed by atoms with van der Waals surface area (Å²) in [7, 11) is 0. The summed E-state index contributed by atoms with van der Waals surface area (Å²) in [6, 6.07) is 0. The molecule has 0 amide bonds. The molecule has 4 aliphatic rings. The maximum atomic E-state index is 2.51. The molecule has 2 bridgehead atoms. The van der Waals surface area contributed by atoms with Crippen molar-refractivity contribution in [3.63, 3.8) is 0 Å². The fourth-order valence-corrected chi connectivity index (χ4v) is 4.44. The zero-order valence-electron chi connectivity index (χ0n) is 8.34. The Kier molecular flexibility index (Phi) is 1.28. The van der Waals surface area contributed by atoms with Gasteiger partial charge in [-0.25, -0.2) is 0 Å². The molecule has 4 saturated carbocycles. The van der Waals surface area contributed by atoms with Crippen LogP contribution in [-0.4, -0.2) is 0 Å². The van der Waals surface area contributed by atoms with E-state index in [2.05, 4.69) is 13.8 Å². The molecule has 4 aliphatic carbocycles. The molecule has 0 heteroatoms. The average molecular weight is 164 g/mol. The van der Waals surface area contributed by atoms with Gasteiger partial charge in [0.2, 0.25) is 0 Å². The maximum absolute atomic E-state index is 2.51. The van der Waals surface area contributed by atoms with Gasteiger partial charge in [-0.05, 0) is 48.3 Å². The van der Waals surface area contributed by atoms with Gasteiger partial charge in [-0.1, -0.05) is 26.7 Å². The highest BCUT2D eigenvalue weighted by Gasteiger charge is 2.58. The first-order valence-corrected chi connectivity index (χ1v) is 5.69. The fourth-order valence-electron chi connectivity index (χ4n) is 4.44. The van der Waals surface area contributed by atoms with Crippen LogP contribution in [0.2, 0.25) is 0 Å². The highest BCUT2D eigenvalue weighted by atomic mass is 14.6. The first-order chi connectivity index (χ1) is 5.69. The Labute approximate surface area is 75.7 Å². The fraction of sp³-hybridized carbons (Fsp3) is 1.00. The summed E-state index contributed by atoms with van der Waals surface area (Å²) >= 11 is 0. The Morgan fingerprint density at radius 2 is 1.92 bits per heavy atom. The van der Waals surface area contributed by atoms with Crippen LogP contribution in [0.4, 0.5) is 0 Å². The predicted octanol–water partition coefficient (Wildman–Crippen LogP) is 3.47.